The molecule has 9 heteroatoms. The number of rotatable bonds is 6. The minimum absolute atomic E-state index is 0.0380. The van der Waals surface area contributed by atoms with Crippen molar-refractivity contribution in [3.8, 4) is 0 Å². The fraction of sp³-hybridized carbons (Fsp3) is 0.529. The summed E-state index contributed by atoms with van der Waals surface area (Å²) in [6, 6.07) is 2.10. The third kappa shape index (κ3) is 4.52. The topological polar surface area (TPSA) is 75.6 Å². The van der Waals surface area contributed by atoms with Crippen molar-refractivity contribution < 1.29 is 14.3 Å². The number of fused-ring (bicyclic) bond motifs is 1. The predicted octanol–water partition coefficient (Wildman–Crippen LogP) is 1.66. The monoisotopic (exact) mass is 394 g/mol. The molecule has 1 aliphatic heterocycles. The standard InChI is InChI=1S/C17H22N4O3S2/c1-3-12-8-13-16(18-11-19-17(13)26-12)25-10-15(23)20(2)9-14(22)21-4-6-24-7-5-21/h8,11H,3-7,9-10H2,1-2H3. The number of morpholine rings is 1. The number of thiophene rings is 1. The zero-order valence-corrected chi connectivity index (χ0v) is 16.6. The van der Waals surface area contributed by atoms with E-state index < -0.39 is 0 Å². The summed E-state index contributed by atoms with van der Waals surface area (Å²) in [4.78, 5) is 38.7. The number of amides is 2. The van der Waals surface area contributed by atoms with Crippen molar-refractivity contribution in [3.05, 3.63) is 17.3 Å². The Morgan fingerprint density at radius 3 is 2.85 bits per heavy atom. The Morgan fingerprint density at radius 2 is 2.12 bits per heavy atom. The fourth-order valence-electron chi connectivity index (χ4n) is 2.62. The first kappa shape index (κ1) is 19.1. The predicted molar refractivity (Wildman–Crippen MR) is 103 cm³/mol. The molecule has 2 amide bonds. The van der Waals surface area contributed by atoms with Crippen molar-refractivity contribution in [1.29, 1.82) is 0 Å². The van der Waals surface area contributed by atoms with Crippen LogP contribution in [-0.4, -0.2) is 77.2 Å². The molecule has 0 radical (unpaired) electrons. The average molecular weight is 395 g/mol. The Balaban J connectivity index is 1.56. The van der Waals surface area contributed by atoms with Crippen LogP contribution in [0.1, 0.15) is 11.8 Å². The van der Waals surface area contributed by atoms with Gasteiger partial charge in [-0.2, -0.15) is 0 Å². The number of likely N-dealkylation sites (N-methyl/N-ethyl adjacent to an activating group) is 1. The molecule has 0 N–H and O–H groups in total. The highest BCUT2D eigenvalue weighted by Gasteiger charge is 2.21. The average Bonchev–Trinajstić information content (AvgIpc) is 3.10. The SMILES string of the molecule is CCc1cc2c(SCC(=O)N(C)CC(=O)N3CCOCC3)ncnc2s1. The molecule has 1 aliphatic rings. The molecule has 1 fully saturated rings. The van der Waals surface area contributed by atoms with Gasteiger partial charge in [-0.15, -0.1) is 11.3 Å². The van der Waals surface area contributed by atoms with Gasteiger partial charge in [-0.25, -0.2) is 9.97 Å². The molecule has 0 saturated carbocycles. The number of nitrogens with zero attached hydrogens (tertiary/aromatic N) is 4. The number of thioether (sulfide) groups is 1. The van der Waals surface area contributed by atoms with Crippen LogP contribution in [0.5, 0.6) is 0 Å². The molecule has 0 bridgehead atoms. The Kier molecular flexibility index (Phi) is 6.44. The van der Waals surface area contributed by atoms with Crippen LogP contribution in [0.4, 0.5) is 0 Å². The van der Waals surface area contributed by atoms with Crippen LogP contribution in [0.15, 0.2) is 17.4 Å². The number of ether oxygens (including phenoxy) is 1. The Hall–Kier alpha value is -1.71. The molecule has 0 aliphatic carbocycles. The molecule has 3 heterocycles. The van der Waals surface area contributed by atoms with Gasteiger partial charge in [0.15, 0.2) is 0 Å². The van der Waals surface area contributed by atoms with Gasteiger partial charge in [0.2, 0.25) is 11.8 Å². The van der Waals surface area contributed by atoms with E-state index in [1.165, 1.54) is 27.9 Å². The summed E-state index contributed by atoms with van der Waals surface area (Å²) in [7, 11) is 1.66. The van der Waals surface area contributed by atoms with Crippen molar-refractivity contribution in [2.45, 2.75) is 18.4 Å². The third-order valence-corrected chi connectivity index (χ3v) is 6.36. The van der Waals surface area contributed by atoms with Crippen molar-refractivity contribution in [2.24, 2.45) is 0 Å². The van der Waals surface area contributed by atoms with Gasteiger partial charge in [0.25, 0.3) is 0 Å². The summed E-state index contributed by atoms with van der Waals surface area (Å²) >= 11 is 3.05. The number of aromatic nitrogens is 2. The molecule has 7 nitrogen and oxygen atoms in total. The Morgan fingerprint density at radius 1 is 1.35 bits per heavy atom. The van der Waals surface area contributed by atoms with Crippen LogP contribution in [-0.2, 0) is 20.7 Å². The maximum atomic E-state index is 12.4. The van der Waals surface area contributed by atoms with Crippen LogP contribution in [0, 0.1) is 0 Å². The summed E-state index contributed by atoms with van der Waals surface area (Å²) in [6.45, 7) is 4.50. The molecule has 0 atom stereocenters. The smallest absolute Gasteiger partial charge is 0.242 e. The first-order valence-corrected chi connectivity index (χ1v) is 10.3. The number of aryl methyl sites for hydroxylation is 1. The van der Waals surface area contributed by atoms with Crippen molar-refractivity contribution in [3.63, 3.8) is 0 Å². The van der Waals surface area contributed by atoms with Gasteiger partial charge >= 0.3 is 0 Å². The van der Waals surface area contributed by atoms with Gasteiger partial charge < -0.3 is 14.5 Å². The van der Waals surface area contributed by atoms with Crippen molar-refractivity contribution in [2.75, 3.05) is 45.6 Å². The molecular weight excluding hydrogens is 372 g/mol. The second-order valence-electron chi connectivity index (χ2n) is 6.00. The van der Waals surface area contributed by atoms with Crippen LogP contribution in [0.3, 0.4) is 0 Å². The fourth-order valence-corrected chi connectivity index (χ4v) is 4.53. The molecule has 3 rings (SSSR count). The van der Waals surface area contributed by atoms with Crippen molar-refractivity contribution >= 4 is 45.1 Å². The Labute approximate surface area is 160 Å². The van der Waals surface area contributed by atoms with Crippen LogP contribution >= 0.6 is 23.1 Å². The number of carbonyl (C=O) groups excluding carboxylic acids is 2. The van der Waals surface area contributed by atoms with E-state index in [1.54, 1.807) is 23.3 Å². The van der Waals surface area contributed by atoms with E-state index in [0.717, 1.165) is 21.7 Å². The van der Waals surface area contributed by atoms with Gasteiger partial charge in [0.05, 0.1) is 25.5 Å². The van der Waals surface area contributed by atoms with Gasteiger partial charge in [0.1, 0.15) is 16.2 Å². The number of hydrogen-bond donors (Lipinski definition) is 0. The van der Waals surface area contributed by atoms with E-state index in [4.69, 9.17) is 4.74 Å². The summed E-state index contributed by atoms with van der Waals surface area (Å²) in [5.41, 5.74) is 0. The zero-order chi connectivity index (χ0) is 18.5. The first-order chi connectivity index (χ1) is 12.6. The third-order valence-electron chi connectivity index (χ3n) is 4.19. The molecule has 2 aromatic rings. The lowest BCUT2D eigenvalue weighted by Crippen LogP contribution is -2.46. The highest BCUT2D eigenvalue weighted by molar-refractivity contribution is 8.00. The Bertz CT molecular complexity index is 789. The highest BCUT2D eigenvalue weighted by Crippen LogP contribution is 2.30. The van der Waals surface area contributed by atoms with E-state index in [-0.39, 0.29) is 24.1 Å². The quantitative estimate of drug-likeness (QED) is 0.548. The lowest BCUT2D eigenvalue weighted by Gasteiger charge is -2.28. The van der Waals surface area contributed by atoms with Crippen molar-refractivity contribution in [1.82, 2.24) is 19.8 Å². The minimum atomic E-state index is -0.0886. The van der Waals surface area contributed by atoms with E-state index in [1.807, 2.05) is 0 Å². The van der Waals surface area contributed by atoms with E-state index in [9.17, 15) is 9.59 Å². The number of hydrogen-bond acceptors (Lipinski definition) is 7. The van der Waals surface area contributed by atoms with Gasteiger partial charge in [-0.3, -0.25) is 9.59 Å². The highest BCUT2D eigenvalue weighted by atomic mass is 32.2. The molecule has 26 heavy (non-hydrogen) atoms. The maximum absolute atomic E-state index is 12.4. The molecule has 0 spiro atoms. The molecular formula is C17H22N4O3S2. The summed E-state index contributed by atoms with van der Waals surface area (Å²) in [5, 5.41) is 1.81. The van der Waals surface area contributed by atoms with Gasteiger partial charge in [-0.05, 0) is 12.5 Å². The van der Waals surface area contributed by atoms with E-state index >= 15 is 0 Å². The lowest BCUT2D eigenvalue weighted by atomic mass is 10.3. The lowest BCUT2D eigenvalue weighted by molar-refractivity contribution is -0.140. The van der Waals surface area contributed by atoms with E-state index in [0.29, 0.717) is 26.3 Å². The van der Waals surface area contributed by atoms with Crippen LogP contribution in [0.2, 0.25) is 0 Å². The van der Waals surface area contributed by atoms with Crippen LogP contribution in [0.25, 0.3) is 10.2 Å². The number of carbonyl (C=O) groups is 2. The molecule has 140 valence electrons. The normalized spacial score (nSPS) is 14.6. The first-order valence-electron chi connectivity index (χ1n) is 8.54. The van der Waals surface area contributed by atoms with Crippen LogP contribution < -0.4 is 0 Å². The molecule has 2 aromatic heterocycles. The summed E-state index contributed by atoms with van der Waals surface area (Å²) in [5.74, 6) is 0.120. The molecule has 0 aromatic carbocycles. The largest absolute Gasteiger partial charge is 0.378 e. The van der Waals surface area contributed by atoms with Gasteiger partial charge in [-0.1, -0.05) is 18.7 Å². The molecule has 0 unspecified atom stereocenters. The van der Waals surface area contributed by atoms with Gasteiger partial charge in [0, 0.05) is 30.4 Å². The molecule has 1 saturated heterocycles. The minimum Gasteiger partial charge on any atom is -0.378 e. The summed E-state index contributed by atoms with van der Waals surface area (Å²) in [6.07, 6.45) is 2.49. The summed E-state index contributed by atoms with van der Waals surface area (Å²) < 4.78 is 5.25. The second kappa shape index (κ2) is 8.79. The zero-order valence-electron chi connectivity index (χ0n) is 14.9. The second-order valence-corrected chi connectivity index (χ2v) is 8.07. The van der Waals surface area contributed by atoms with E-state index in [2.05, 4.69) is 23.0 Å². The maximum Gasteiger partial charge on any atom is 0.242 e.